The van der Waals surface area contributed by atoms with Crippen molar-refractivity contribution in [1.29, 1.82) is 0 Å². The van der Waals surface area contributed by atoms with Crippen LogP contribution >= 0.6 is 0 Å². The van der Waals surface area contributed by atoms with E-state index < -0.39 is 0 Å². The molecule has 112 valence electrons. The second kappa shape index (κ2) is 8.05. The fourth-order valence-electron chi connectivity index (χ4n) is 2.29. The van der Waals surface area contributed by atoms with E-state index >= 15 is 0 Å². The molecule has 1 aromatic rings. The van der Waals surface area contributed by atoms with Crippen molar-refractivity contribution in [3.63, 3.8) is 0 Å². The average molecular weight is 276 g/mol. The van der Waals surface area contributed by atoms with Gasteiger partial charge in [0.15, 0.2) is 0 Å². The first-order valence-electron chi connectivity index (χ1n) is 7.63. The fraction of sp³-hybridized carbons (Fsp3) is 0.588. The van der Waals surface area contributed by atoms with Gasteiger partial charge >= 0.3 is 0 Å². The number of hydrogen-bond acceptors (Lipinski definition) is 2. The van der Waals surface area contributed by atoms with Crippen molar-refractivity contribution in [2.24, 2.45) is 0 Å². The van der Waals surface area contributed by atoms with Gasteiger partial charge in [0.1, 0.15) is 0 Å². The maximum absolute atomic E-state index is 12.1. The van der Waals surface area contributed by atoms with Crippen LogP contribution in [0.3, 0.4) is 0 Å². The molecule has 0 saturated heterocycles. The van der Waals surface area contributed by atoms with Crippen LogP contribution in [0.2, 0.25) is 0 Å². The molecule has 0 aromatic heterocycles. The summed E-state index contributed by atoms with van der Waals surface area (Å²) < 4.78 is 0. The number of rotatable bonds is 7. The predicted molar refractivity (Wildman–Crippen MR) is 84.8 cm³/mol. The van der Waals surface area contributed by atoms with Crippen LogP contribution in [0.1, 0.15) is 51.3 Å². The quantitative estimate of drug-likeness (QED) is 0.829. The van der Waals surface area contributed by atoms with E-state index in [-0.39, 0.29) is 18.0 Å². The van der Waals surface area contributed by atoms with E-state index in [2.05, 4.69) is 43.4 Å². The van der Waals surface area contributed by atoms with E-state index in [1.165, 1.54) is 11.1 Å². The van der Waals surface area contributed by atoms with Gasteiger partial charge in [-0.05, 0) is 37.8 Å². The molecule has 0 aliphatic carbocycles. The Morgan fingerprint density at radius 2 is 1.80 bits per heavy atom. The monoisotopic (exact) mass is 276 g/mol. The van der Waals surface area contributed by atoms with Crippen LogP contribution in [0.4, 0.5) is 0 Å². The van der Waals surface area contributed by atoms with Crippen LogP contribution in [-0.2, 0) is 11.2 Å². The minimum Gasteiger partial charge on any atom is -0.345 e. The summed E-state index contributed by atoms with van der Waals surface area (Å²) in [5.41, 5.74) is 2.60. The molecular formula is C17H28N2O. The Morgan fingerprint density at radius 1 is 1.20 bits per heavy atom. The van der Waals surface area contributed by atoms with Gasteiger partial charge in [-0.1, -0.05) is 38.1 Å². The highest BCUT2D eigenvalue weighted by Crippen LogP contribution is 2.18. The first-order chi connectivity index (χ1) is 9.53. The van der Waals surface area contributed by atoms with Crippen molar-refractivity contribution < 1.29 is 4.79 Å². The van der Waals surface area contributed by atoms with Crippen LogP contribution in [0.5, 0.6) is 0 Å². The van der Waals surface area contributed by atoms with E-state index in [4.69, 9.17) is 0 Å². The van der Waals surface area contributed by atoms with Crippen molar-refractivity contribution in [1.82, 2.24) is 10.2 Å². The Labute approximate surface area is 123 Å². The lowest BCUT2D eigenvalue weighted by atomic mass is 10.0. The molecule has 3 heteroatoms. The minimum absolute atomic E-state index is 0.149. The Bertz CT molecular complexity index is 414. The van der Waals surface area contributed by atoms with Crippen molar-refractivity contribution in [2.45, 2.75) is 52.6 Å². The van der Waals surface area contributed by atoms with Gasteiger partial charge in [0.2, 0.25) is 5.91 Å². The Hall–Kier alpha value is -1.35. The molecule has 1 N–H and O–H groups in total. The molecule has 0 spiro atoms. The Balaban J connectivity index is 2.73. The molecular weight excluding hydrogens is 248 g/mol. The van der Waals surface area contributed by atoms with Crippen LogP contribution in [0.25, 0.3) is 0 Å². The third-order valence-electron chi connectivity index (χ3n) is 3.87. The van der Waals surface area contributed by atoms with Gasteiger partial charge in [0.25, 0.3) is 0 Å². The van der Waals surface area contributed by atoms with E-state index in [9.17, 15) is 4.79 Å². The molecule has 20 heavy (non-hydrogen) atoms. The molecule has 1 aromatic carbocycles. The molecule has 1 amide bonds. The molecule has 3 nitrogen and oxygen atoms in total. The second-order valence-electron chi connectivity index (χ2n) is 5.30. The fourth-order valence-corrected chi connectivity index (χ4v) is 2.29. The third kappa shape index (κ3) is 4.34. The second-order valence-corrected chi connectivity index (χ2v) is 5.30. The topological polar surface area (TPSA) is 32.3 Å². The number of likely N-dealkylation sites (N-methyl/N-ethyl adjacent to an activating group) is 1. The van der Waals surface area contributed by atoms with Crippen molar-refractivity contribution in [2.75, 3.05) is 13.6 Å². The van der Waals surface area contributed by atoms with E-state index in [0.717, 1.165) is 19.4 Å². The SMILES string of the molecule is CCc1ccc(C(CC)NC(C)C(=O)N(C)CC)cc1. The molecule has 2 atom stereocenters. The summed E-state index contributed by atoms with van der Waals surface area (Å²) in [7, 11) is 1.84. The van der Waals surface area contributed by atoms with Gasteiger partial charge < -0.3 is 4.90 Å². The first-order valence-corrected chi connectivity index (χ1v) is 7.63. The minimum atomic E-state index is -0.157. The summed E-state index contributed by atoms with van der Waals surface area (Å²) in [6, 6.07) is 8.75. The number of hydrogen-bond donors (Lipinski definition) is 1. The highest BCUT2D eigenvalue weighted by Gasteiger charge is 2.20. The van der Waals surface area contributed by atoms with E-state index in [1.807, 2.05) is 20.9 Å². The maximum atomic E-state index is 12.1. The third-order valence-corrected chi connectivity index (χ3v) is 3.87. The number of nitrogens with zero attached hydrogens (tertiary/aromatic N) is 1. The number of amides is 1. The molecule has 2 unspecified atom stereocenters. The van der Waals surface area contributed by atoms with Gasteiger partial charge in [0, 0.05) is 19.6 Å². The molecule has 0 fully saturated rings. The number of aryl methyl sites for hydroxylation is 1. The predicted octanol–water partition coefficient (Wildman–Crippen LogP) is 3.16. The molecule has 0 aliphatic heterocycles. The maximum Gasteiger partial charge on any atom is 0.239 e. The van der Waals surface area contributed by atoms with Crippen molar-refractivity contribution in [3.8, 4) is 0 Å². The molecule has 0 radical (unpaired) electrons. The van der Waals surface area contributed by atoms with E-state index in [0.29, 0.717) is 0 Å². The van der Waals surface area contributed by atoms with Gasteiger partial charge in [-0.25, -0.2) is 0 Å². The van der Waals surface area contributed by atoms with Crippen molar-refractivity contribution in [3.05, 3.63) is 35.4 Å². The van der Waals surface area contributed by atoms with Gasteiger partial charge in [-0.2, -0.15) is 0 Å². The first kappa shape index (κ1) is 16.7. The van der Waals surface area contributed by atoms with Gasteiger partial charge in [0.05, 0.1) is 6.04 Å². The van der Waals surface area contributed by atoms with Crippen LogP contribution < -0.4 is 5.32 Å². The van der Waals surface area contributed by atoms with Crippen molar-refractivity contribution >= 4 is 5.91 Å². The van der Waals surface area contributed by atoms with Crippen LogP contribution in [0.15, 0.2) is 24.3 Å². The summed E-state index contributed by atoms with van der Waals surface area (Å²) in [5, 5.41) is 3.44. The zero-order valence-electron chi connectivity index (χ0n) is 13.4. The average Bonchev–Trinajstić information content (AvgIpc) is 2.50. The summed E-state index contributed by atoms with van der Waals surface area (Å²) in [5.74, 6) is 0.149. The summed E-state index contributed by atoms with van der Waals surface area (Å²) >= 11 is 0. The summed E-state index contributed by atoms with van der Waals surface area (Å²) in [6.45, 7) is 8.98. The van der Waals surface area contributed by atoms with Crippen LogP contribution in [0, 0.1) is 0 Å². The standard InChI is InChI=1S/C17H28N2O/c1-6-14-9-11-15(12-10-14)16(7-2)18-13(4)17(20)19(5)8-3/h9-13,16,18H,6-8H2,1-5H3. The Kier molecular flexibility index (Phi) is 6.73. The number of carbonyl (C=O) groups excluding carboxylic acids is 1. The Morgan fingerprint density at radius 3 is 2.25 bits per heavy atom. The smallest absolute Gasteiger partial charge is 0.239 e. The lowest BCUT2D eigenvalue weighted by Gasteiger charge is -2.25. The summed E-state index contributed by atoms with van der Waals surface area (Å²) in [6.07, 6.45) is 2.03. The largest absolute Gasteiger partial charge is 0.345 e. The molecule has 0 saturated carbocycles. The number of benzene rings is 1. The highest BCUT2D eigenvalue weighted by atomic mass is 16.2. The molecule has 0 bridgehead atoms. The molecule has 0 heterocycles. The lowest BCUT2D eigenvalue weighted by molar-refractivity contribution is -0.131. The zero-order valence-corrected chi connectivity index (χ0v) is 13.4. The number of nitrogens with one attached hydrogen (secondary N) is 1. The normalized spacial score (nSPS) is 13.8. The summed E-state index contributed by atoms with van der Waals surface area (Å²) in [4.78, 5) is 13.9. The van der Waals surface area contributed by atoms with Crippen LogP contribution in [-0.4, -0.2) is 30.4 Å². The molecule has 0 aliphatic rings. The lowest BCUT2D eigenvalue weighted by Crippen LogP contribution is -2.44. The zero-order chi connectivity index (χ0) is 15.1. The molecule has 1 rings (SSSR count). The number of carbonyl (C=O) groups is 1. The van der Waals surface area contributed by atoms with Gasteiger partial charge in [-0.3, -0.25) is 10.1 Å². The van der Waals surface area contributed by atoms with E-state index in [1.54, 1.807) is 4.90 Å². The van der Waals surface area contributed by atoms with Gasteiger partial charge in [-0.15, -0.1) is 0 Å². The highest BCUT2D eigenvalue weighted by molar-refractivity contribution is 5.81.